The maximum Gasteiger partial charge on any atom is 0.350 e. The van der Waals surface area contributed by atoms with Crippen molar-refractivity contribution in [3.63, 3.8) is 0 Å². The molecule has 0 saturated heterocycles. The van der Waals surface area contributed by atoms with Crippen molar-refractivity contribution in [2.24, 2.45) is 0 Å². The van der Waals surface area contributed by atoms with Gasteiger partial charge in [-0.05, 0) is 24.8 Å². The Bertz CT molecular complexity index is 753. The zero-order chi connectivity index (χ0) is 18.6. The van der Waals surface area contributed by atoms with E-state index in [2.05, 4.69) is 17.4 Å². The van der Waals surface area contributed by atoms with E-state index in [1.807, 2.05) is 51.5 Å². The van der Waals surface area contributed by atoms with E-state index in [4.69, 9.17) is 4.74 Å². The molecule has 0 fully saturated rings. The van der Waals surface area contributed by atoms with E-state index in [0.29, 0.717) is 15.0 Å². The van der Waals surface area contributed by atoms with Crippen molar-refractivity contribution >= 4 is 28.9 Å². The predicted molar refractivity (Wildman–Crippen MR) is 101 cm³/mol. The van der Waals surface area contributed by atoms with Gasteiger partial charge in [0.15, 0.2) is 6.04 Å². The summed E-state index contributed by atoms with van der Waals surface area (Å²) in [7, 11) is 5.39. The molecule has 1 unspecified atom stereocenters. The molecule has 2 aromatic rings. The summed E-state index contributed by atoms with van der Waals surface area (Å²) in [4.78, 5) is 25.1. The number of nitrogens with zero attached hydrogens (tertiary/aromatic N) is 1. The Kier molecular flexibility index (Phi) is 5.98. The third-order valence-corrected chi connectivity index (χ3v) is 5.53. The number of amides is 1. The number of rotatable bonds is 6. The van der Waals surface area contributed by atoms with Gasteiger partial charge in [-0.3, -0.25) is 4.79 Å². The van der Waals surface area contributed by atoms with Gasteiger partial charge in [0.25, 0.3) is 5.91 Å². The van der Waals surface area contributed by atoms with E-state index in [0.717, 1.165) is 12.1 Å². The summed E-state index contributed by atoms with van der Waals surface area (Å²) in [6, 6.07) is 9.80. The molecular formula is C19H25N2O3S+. The van der Waals surface area contributed by atoms with Crippen LogP contribution < -0.4 is 5.32 Å². The van der Waals surface area contributed by atoms with Gasteiger partial charge in [0, 0.05) is 5.56 Å². The first-order chi connectivity index (χ1) is 11.8. The molecule has 0 aliphatic heterocycles. The number of likely N-dealkylation sites (N-methyl/N-ethyl adjacent to an activating group) is 1. The van der Waals surface area contributed by atoms with Gasteiger partial charge < -0.3 is 14.5 Å². The monoisotopic (exact) mass is 361 g/mol. The topological polar surface area (TPSA) is 55.4 Å². The van der Waals surface area contributed by atoms with Gasteiger partial charge in [-0.2, -0.15) is 0 Å². The Morgan fingerprint density at radius 3 is 2.48 bits per heavy atom. The zero-order valence-corrected chi connectivity index (χ0v) is 16.1. The molecular weight excluding hydrogens is 336 g/mol. The number of quaternary nitrogens is 1. The van der Waals surface area contributed by atoms with Crippen LogP contribution in [0.2, 0.25) is 0 Å². The molecule has 1 aromatic carbocycles. The largest absolute Gasteiger partial charge is 0.465 e. The van der Waals surface area contributed by atoms with E-state index in [1.165, 1.54) is 24.0 Å². The number of carbonyl (C=O) groups excluding carboxylic acids is 2. The highest BCUT2D eigenvalue weighted by Gasteiger charge is 2.32. The van der Waals surface area contributed by atoms with Crippen molar-refractivity contribution in [2.75, 3.05) is 26.5 Å². The highest BCUT2D eigenvalue weighted by atomic mass is 32.1. The highest BCUT2D eigenvalue weighted by molar-refractivity contribution is 7.12. The fourth-order valence-electron chi connectivity index (χ4n) is 2.58. The Balaban J connectivity index is 2.15. The van der Waals surface area contributed by atoms with Gasteiger partial charge in [-0.25, -0.2) is 4.79 Å². The maximum absolute atomic E-state index is 12.8. The van der Waals surface area contributed by atoms with Crippen molar-refractivity contribution in [3.8, 4) is 0 Å². The van der Waals surface area contributed by atoms with Gasteiger partial charge in [0.1, 0.15) is 11.4 Å². The van der Waals surface area contributed by atoms with Gasteiger partial charge in [0.05, 0.1) is 26.9 Å². The quantitative estimate of drug-likeness (QED) is 0.633. The first-order valence-corrected chi connectivity index (χ1v) is 8.98. The molecule has 0 bridgehead atoms. The minimum atomic E-state index is -0.431. The summed E-state index contributed by atoms with van der Waals surface area (Å²) in [6.07, 6.45) is 0. The molecule has 1 N–H and O–H groups in total. The number of methoxy groups -OCH3 is 1. The predicted octanol–water partition coefficient (Wildman–Crippen LogP) is 3.45. The van der Waals surface area contributed by atoms with E-state index >= 15 is 0 Å². The molecule has 0 radical (unpaired) electrons. The zero-order valence-electron chi connectivity index (χ0n) is 15.3. The lowest BCUT2D eigenvalue weighted by molar-refractivity contribution is -0.916. The standard InChI is InChI=1S/C19H24N2O3S/c1-13-12-25-17(19(23)24-5)16(13)20-18(22)14(2)21(3,4)11-15-9-7-6-8-10-15/h6-10,12,14H,11H2,1-5H3/p+1. The molecule has 134 valence electrons. The molecule has 1 heterocycles. The van der Waals surface area contributed by atoms with Crippen LogP contribution in [0.15, 0.2) is 35.7 Å². The number of hydrogen-bond donors (Lipinski definition) is 1. The number of ether oxygens (including phenoxy) is 1. The third kappa shape index (κ3) is 4.46. The number of esters is 1. The molecule has 0 aliphatic rings. The number of anilines is 1. The van der Waals surface area contributed by atoms with Crippen LogP contribution >= 0.6 is 11.3 Å². The fraction of sp³-hybridized carbons (Fsp3) is 0.368. The van der Waals surface area contributed by atoms with E-state index in [1.54, 1.807) is 0 Å². The number of nitrogens with one attached hydrogen (secondary N) is 1. The van der Waals surface area contributed by atoms with Crippen molar-refractivity contribution < 1.29 is 18.8 Å². The molecule has 5 nitrogen and oxygen atoms in total. The second kappa shape index (κ2) is 7.80. The molecule has 2 rings (SSSR count). The van der Waals surface area contributed by atoms with Crippen LogP contribution in [-0.2, 0) is 16.1 Å². The maximum atomic E-state index is 12.8. The lowest BCUT2D eigenvalue weighted by Gasteiger charge is -2.35. The summed E-state index contributed by atoms with van der Waals surface area (Å²) in [6.45, 7) is 4.51. The number of aryl methyl sites for hydroxylation is 1. The molecule has 25 heavy (non-hydrogen) atoms. The Morgan fingerprint density at radius 2 is 1.88 bits per heavy atom. The minimum Gasteiger partial charge on any atom is -0.465 e. The molecule has 0 saturated carbocycles. The van der Waals surface area contributed by atoms with Crippen LogP contribution in [0.1, 0.15) is 27.7 Å². The van der Waals surface area contributed by atoms with Crippen LogP contribution in [-0.4, -0.2) is 43.6 Å². The van der Waals surface area contributed by atoms with Gasteiger partial charge in [-0.15, -0.1) is 11.3 Å². The minimum absolute atomic E-state index is 0.118. The van der Waals surface area contributed by atoms with E-state index in [-0.39, 0.29) is 11.9 Å². The van der Waals surface area contributed by atoms with Crippen molar-refractivity contribution in [1.29, 1.82) is 0 Å². The lowest BCUT2D eigenvalue weighted by Crippen LogP contribution is -2.52. The van der Waals surface area contributed by atoms with E-state index in [9.17, 15) is 9.59 Å². The second-order valence-electron chi connectivity index (χ2n) is 6.70. The molecule has 1 aromatic heterocycles. The molecule has 0 aliphatic carbocycles. The molecule has 1 amide bonds. The number of thiophene rings is 1. The van der Waals surface area contributed by atoms with Gasteiger partial charge in [-0.1, -0.05) is 30.3 Å². The average molecular weight is 361 g/mol. The Labute approximate surface area is 152 Å². The molecule has 6 heteroatoms. The summed E-state index contributed by atoms with van der Waals surface area (Å²) < 4.78 is 5.30. The summed E-state index contributed by atoms with van der Waals surface area (Å²) >= 11 is 1.28. The summed E-state index contributed by atoms with van der Waals surface area (Å²) in [5.74, 6) is -0.549. The summed E-state index contributed by atoms with van der Waals surface area (Å²) in [5.41, 5.74) is 2.59. The van der Waals surface area contributed by atoms with Crippen molar-refractivity contribution in [1.82, 2.24) is 0 Å². The first kappa shape index (κ1) is 19.1. The third-order valence-electron chi connectivity index (χ3n) is 4.45. The molecule has 1 atom stereocenters. The first-order valence-electron chi connectivity index (χ1n) is 8.10. The average Bonchev–Trinajstić information content (AvgIpc) is 2.94. The second-order valence-corrected chi connectivity index (χ2v) is 7.58. The van der Waals surface area contributed by atoms with Crippen LogP contribution in [0.4, 0.5) is 5.69 Å². The molecule has 0 spiro atoms. The van der Waals surface area contributed by atoms with Crippen LogP contribution in [0.5, 0.6) is 0 Å². The number of benzene rings is 1. The Hall–Kier alpha value is -2.18. The van der Waals surface area contributed by atoms with Gasteiger partial charge >= 0.3 is 5.97 Å². The van der Waals surface area contributed by atoms with Crippen LogP contribution in [0.3, 0.4) is 0 Å². The van der Waals surface area contributed by atoms with Crippen molar-refractivity contribution in [3.05, 3.63) is 51.7 Å². The Morgan fingerprint density at radius 1 is 1.24 bits per heavy atom. The highest BCUT2D eigenvalue weighted by Crippen LogP contribution is 2.29. The van der Waals surface area contributed by atoms with Crippen LogP contribution in [0.25, 0.3) is 0 Å². The van der Waals surface area contributed by atoms with Crippen molar-refractivity contribution in [2.45, 2.75) is 26.4 Å². The number of carbonyl (C=O) groups is 2. The smallest absolute Gasteiger partial charge is 0.350 e. The van der Waals surface area contributed by atoms with Crippen LogP contribution in [0, 0.1) is 6.92 Å². The lowest BCUT2D eigenvalue weighted by atomic mass is 10.1. The summed E-state index contributed by atoms with van der Waals surface area (Å²) in [5, 5.41) is 4.76. The number of hydrogen-bond acceptors (Lipinski definition) is 4. The SMILES string of the molecule is COC(=O)c1scc(C)c1NC(=O)C(C)[N+](C)(C)Cc1ccccc1. The van der Waals surface area contributed by atoms with Gasteiger partial charge in [0.2, 0.25) is 0 Å². The normalized spacial score (nSPS) is 12.5. The van der Waals surface area contributed by atoms with E-state index < -0.39 is 5.97 Å². The fourth-order valence-corrected chi connectivity index (χ4v) is 3.50.